The normalized spacial score (nSPS) is 24.4. The second-order valence-corrected chi connectivity index (χ2v) is 4.80. The Bertz CT molecular complexity index is 244. The van der Waals surface area contributed by atoms with Crippen molar-refractivity contribution in [3.05, 3.63) is 23.3 Å². The summed E-state index contributed by atoms with van der Waals surface area (Å²) < 4.78 is 0. The van der Waals surface area contributed by atoms with E-state index in [1.54, 1.807) is 0 Å². The van der Waals surface area contributed by atoms with Crippen molar-refractivity contribution < 1.29 is 0 Å². The van der Waals surface area contributed by atoms with E-state index >= 15 is 0 Å². The molecule has 0 amide bonds. The van der Waals surface area contributed by atoms with Crippen molar-refractivity contribution in [3.8, 4) is 0 Å². The van der Waals surface area contributed by atoms with Gasteiger partial charge in [0.15, 0.2) is 0 Å². The highest BCUT2D eigenvalue weighted by molar-refractivity contribution is 5.35. The van der Waals surface area contributed by atoms with Gasteiger partial charge >= 0.3 is 0 Å². The molecule has 0 radical (unpaired) electrons. The van der Waals surface area contributed by atoms with Crippen LogP contribution in [0, 0.1) is 5.41 Å². The van der Waals surface area contributed by atoms with Gasteiger partial charge in [-0.25, -0.2) is 0 Å². The van der Waals surface area contributed by atoms with Crippen LogP contribution >= 0.6 is 0 Å². The molecule has 0 heterocycles. The van der Waals surface area contributed by atoms with Crippen molar-refractivity contribution in [2.75, 3.05) is 0 Å². The van der Waals surface area contributed by atoms with E-state index in [-0.39, 0.29) is 6.04 Å². The predicted molar refractivity (Wildman–Crippen MR) is 58.5 cm³/mol. The molecule has 1 atom stereocenters. The molecule has 13 heavy (non-hydrogen) atoms. The molecule has 0 saturated heterocycles. The van der Waals surface area contributed by atoms with Crippen molar-refractivity contribution in [2.45, 2.75) is 46.6 Å². The first-order valence-corrected chi connectivity index (χ1v) is 5.07. The zero-order chi connectivity index (χ0) is 10.1. The monoisotopic (exact) mass is 179 g/mol. The zero-order valence-corrected chi connectivity index (χ0v) is 9.22. The van der Waals surface area contributed by atoms with Gasteiger partial charge in [-0.3, -0.25) is 0 Å². The van der Waals surface area contributed by atoms with Crippen LogP contribution in [0.5, 0.6) is 0 Å². The number of rotatable bonds is 2. The Morgan fingerprint density at radius 2 is 2.08 bits per heavy atom. The third-order valence-electron chi connectivity index (χ3n) is 2.88. The lowest BCUT2D eigenvalue weighted by atomic mass is 9.85. The Morgan fingerprint density at radius 3 is 2.46 bits per heavy atom. The fourth-order valence-corrected chi connectivity index (χ4v) is 1.96. The number of nitrogens with two attached hydrogens (primary N) is 1. The Morgan fingerprint density at radius 1 is 1.46 bits per heavy atom. The second kappa shape index (κ2) is 3.67. The molecule has 1 rings (SSSR count). The molecule has 74 valence electrons. The molecule has 0 aromatic heterocycles. The molecular formula is C12H21N. The van der Waals surface area contributed by atoms with Crippen LogP contribution in [0.25, 0.3) is 0 Å². The van der Waals surface area contributed by atoms with Gasteiger partial charge < -0.3 is 5.73 Å². The van der Waals surface area contributed by atoms with Crippen LogP contribution < -0.4 is 5.73 Å². The van der Waals surface area contributed by atoms with E-state index in [0.29, 0.717) is 5.41 Å². The van der Waals surface area contributed by atoms with E-state index in [2.05, 4.69) is 32.9 Å². The van der Waals surface area contributed by atoms with Crippen molar-refractivity contribution >= 4 is 0 Å². The standard InChI is InChI=1S/C12H21N/c1-9-7-8-12(3,4)11(9)6-5-10(2)13/h5-6,10H,7-8,13H2,1-4H3/b6-5+. The predicted octanol–water partition coefficient (Wildman–Crippen LogP) is 3.03. The van der Waals surface area contributed by atoms with Crippen molar-refractivity contribution in [3.63, 3.8) is 0 Å². The summed E-state index contributed by atoms with van der Waals surface area (Å²) >= 11 is 0. The highest BCUT2D eigenvalue weighted by Crippen LogP contribution is 2.42. The molecule has 0 bridgehead atoms. The lowest BCUT2D eigenvalue weighted by Crippen LogP contribution is -2.12. The first kappa shape index (κ1) is 10.5. The summed E-state index contributed by atoms with van der Waals surface area (Å²) in [4.78, 5) is 0. The molecule has 1 heteroatoms. The average molecular weight is 179 g/mol. The topological polar surface area (TPSA) is 26.0 Å². The molecule has 0 saturated carbocycles. The van der Waals surface area contributed by atoms with Gasteiger partial charge in [-0.05, 0) is 37.7 Å². The summed E-state index contributed by atoms with van der Waals surface area (Å²) in [6.45, 7) is 8.86. The summed E-state index contributed by atoms with van der Waals surface area (Å²) in [6.07, 6.45) is 6.82. The summed E-state index contributed by atoms with van der Waals surface area (Å²) in [7, 11) is 0. The second-order valence-electron chi connectivity index (χ2n) is 4.80. The van der Waals surface area contributed by atoms with Gasteiger partial charge in [0, 0.05) is 6.04 Å². The van der Waals surface area contributed by atoms with Crippen LogP contribution in [0.2, 0.25) is 0 Å². The summed E-state index contributed by atoms with van der Waals surface area (Å²) in [5.41, 5.74) is 9.07. The minimum absolute atomic E-state index is 0.164. The molecule has 1 unspecified atom stereocenters. The van der Waals surface area contributed by atoms with Crippen molar-refractivity contribution in [1.82, 2.24) is 0 Å². The molecule has 1 aliphatic carbocycles. The first-order chi connectivity index (χ1) is 5.93. The minimum atomic E-state index is 0.164. The molecular weight excluding hydrogens is 158 g/mol. The minimum Gasteiger partial charge on any atom is -0.325 e. The van der Waals surface area contributed by atoms with Crippen LogP contribution in [0.3, 0.4) is 0 Å². The van der Waals surface area contributed by atoms with Gasteiger partial charge in [-0.2, -0.15) is 0 Å². The maximum absolute atomic E-state index is 5.70. The number of hydrogen-bond donors (Lipinski definition) is 1. The van der Waals surface area contributed by atoms with E-state index in [4.69, 9.17) is 5.73 Å². The van der Waals surface area contributed by atoms with Crippen LogP contribution in [-0.2, 0) is 0 Å². The summed E-state index contributed by atoms with van der Waals surface area (Å²) in [5.74, 6) is 0. The van der Waals surface area contributed by atoms with Gasteiger partial charge in [-0.15, -0.1) is 0 Å². The lowest BCUT2D eigenvalue weighted by molar-refractivity contribution is 0.451. The largest absolute Gasteiger partial charge is 0.325 e. The number of hydrogen-bond acceptors (Lipinski definition) is 1. The highest BCUT2D eigenvalue weighted by atomic mass is 14.6. The van der Waals surface area contributed by atoms with E-state index in [0.717, 1.165) is 0 Å². The van der Waals surface area contributed by atoms with Gasteiger partial charge in [0.2, 0.25) is 0 Å². The maximum atomic E-state index is 5.70. The Balaban J connectivity index is 2.83. The van der Waals surface area contributed by atoms with Crippen LogP contribution in [0.1, 0.15) is 40.5 Å². The maximum Gasteiger partial charge on any atom is 0.0197 e. The Labute approximate surface area is 81.7 Å². The third kappa shape index (κ3) is 2.44. The molecule has 0 spiro atoms. The molecule has 0 fully saturated rings. The third-order valence-corrected chi connectivity index (χ3v) is 2.88. The van der Waals surface area contributed by atoms with Gasteiger partial charge in [-0.1, -0.05) is 31.6 Å². The highest BCUT2D eigenvalue weighted by Gasteiger charge is 2.28. The van der Waals surface area contributed by atoms with Crippen LogP contribution in [0.4, 0.5) is 0 Å². The van der Waals surface area contributed by atoms with Gasteiger partial charge in [0.1, 0.15) is 0 Å². The van der Waals surface area contributed by atoms with E-state index in [9.17, 15) is 0 Å². The fraction of sp³-hybridized carbons (Fsp3) is 0.667. The summed E-state index contributed by atoms with van der Waals surface area (Å²) in [5, 5.41) is 0. The molecule has 1 aliphatic rings. The van der Waals surface area contributed by atoms with E-state index in [1.807, 2.05) is 6.92 Å². The molecule has 1 nitrogen and oxygen atoms in total. The summed E-state index contributed by atoms with van der Waals surface area (Å²) in [6, 6.07) is 0.164. The molecule has 0 aromatic rings. The average Bonchev–Trinajstić information content (AvgIpc) is 2.23. The van der Waals surface area contributed by atoms with E-state index < -0.39 is 0 Å². The first-order valence-electron chi connectivity index (χ1n) is 5.07. The lowest BCUT2D eigenvalue weighted by Gasteiger charge is -2.20. The molecule has 2 N–H and O–H groups in total. The van der Waals surface area contributed by atoms with Crippen molar-refractivity contribution in [1.29, 1.82) is 0 Å². The number of allylic oxidation sites excluding steroid dienone is 3. The van der Waals surface area contributed by atoms with Gasteiger partial charge in [0.05, 0.1) is 0 Å². The Kier molecular flexibility index (Phi) is 2.97. The zero-order valence-electron chi connectivity index (χ0n) is 9.22. The Hall–Kier alpha value is -0.560. The SMILES string of the molecule is CC1=C(/C=C/C(C)N)C(C)(C)CC1. The van der Waals surface area contributed by atoms with Crippen molar-refractivity contribution in [2.24, 2.45) is 11.1 Å². The fourth-order valence-electron chi connectivity index (χ4n) is 1.96. The van der Waals surface area contributed by atoms with E-state index in [1.165, 1.54) is 24.0 Å². The van der Waals surface area contributed by atoms with Crippen LogP contribution in [-0.4, -0.2) is 6.04 Å². The smallest absolute Gasteiger partial charge is 0.0197 e. The molecule has 0 aromatic carbocycles. The van der Waals surface area contributed by atoms with Crippen LogP contribution in [0.15, 0.2) is 23.3 Å². The van der Waals surface area contributed by atoms with Gasteiger partial charge in [0.25, 0.3) is 0 Å². The molecule has 0 aliphatic heterocycles. The quantitative estimate of drug-likeness (QED) is 0.692.